The van der Waals surface area contributed by atoms with Gasteiger partial charge in [0.15, 0.2) is 0 Å². The van der Waals surface area contributed by atoms with Crippen molar-refractivity contribution in [3.8, 4) is 0 Å². The first-order chi connectivity index (χ1) is 7.63. The van der Waals surface area contributed by atoms with Gasteiger partial charge in [-0.05, 0) is 25.0 Å². The lowest BCUT2D eigenvalue weighted by molar-refractivity contribution is -0.138. The highest BCUT2D eigenvalue weighted by Gasteiger charge is 2.34. The maximum absolute atomic E-state index is 11.6. The van der Waals surface area contributed by atoms with Gasteiger partial charge in [0.25, 0.3) is 0 Å². The Bertz CT molecular complexity index is 414. The summed E-state index contributed by atoms with van der Waals surface area (Å²) >= 11 is 1.32. The van der Waals surface area contributed by atoms with Crippen molar-refractivity contribution in [1.82, 2.24) is 0 Å². The van der Waals surface area contributed by atoms with Gasteiger partial charge in [-0.2, -0.15) is 0 Å². The van der Waals surface area contributed by atoms with Gasteiger partial charge in [-0.15, -0.1) is 0 Å². The predicted octanol–water partition coefficient (Wildman–Crippen LogP) is 0.872. The number of nitrogens with two attached hydrogens (primary N) is 1. The number of rotatable bonds is 2. The van der Waals surface area contributed by atoms with Crippen LogP contribution in [0.1, 0.15) is 13.3 Å². The molecule has 0 aromatic rings. The maximum atomic E-state index is 11.6. The quantitative estimate of drug-likeness (QED) is 0.745. The normalized spacial score (nSPS) is 28.7. The average Bonchev–Trinajstić information content (AvgIpc) is 2.59. The standard InChI is InChI=1S/C10H13NO3S2/c1-2-14-9(12)7-5-6-3-4-16(13)10(6)15-8(7)11/h5,10H,2-4,11H2,1H3. The van der Waals surface area contributed by atoms with Crippen LogP contribution in [0.3, 0.4) is 0 Å². The van der Waals surface area contributed by atoms with Crippen molar-refractivity contribution in [1.29, 1.82) is 0 Å². The van der Waals surface area contributed by atoms with E-state index >= 15 is 0 Å². The molecule has 0 aromatic carbocycles. The third-order valence-electron chi connectivity index (χ3n) is 2.46. The number of hydrogen-bond acceptors (Lipinski definition) is 5. The predicted molar refractivity (Wildman–Crippen MR) is 64.9 cm³/mol. The molecule has 4 nitrogen and oxygen atoms in total. The first kappa shape index (κ1) is 11.7. The summed E-state index contributed by atoms with van der Waals surface area (Å²) in [6.45, 7) is 2.09. The van der Waals surface area contributed by atoms with E-state index in [0.29, 0.717) is 23.0 Å². The Morgan fingerprint density at radius 2 is 2.50 bits per heavy atom. The Morgan fingerprint density at radius 3 is 3.19 bits per heavy atom. The molecule has 88 valence electrons. The van der Waals surface area contributed by atoms with E-state index in [0.717, 1.165) is 12.0 Å². The topological polar surface area (TPSA) is 69.4 Å². The average molecular weight is 259 g/mol. The van der Waals surface area contributed by atoms with Gasteiger partial charge in [0.05, 0.1) is 17.2 Å². The van der Waals surface area contributed by atoms with Crippen LogP contribution >= 0.6 is 11.8 Å². The van der Waals surface area contributed by atoms with E-state index < -0.39 is 16.8 Å². The molecular weight excluding hydrogens is 246 g/mol. The van der Waals surface area contributed by atoms with Crippen molar-refractivity contribution in [3.63, 3.8) is 0 Å². The van der Waals surface area contributed by atoms with Crippen LogP contribution in [0.2, 0.25) is 0 Å². The molecule has 2 atom stereocenters. The van der Waals surface area contributed by atoms with Gasteiger partial charge in [-0.1, -0.05) is 11.8 Å². The van der Waals surface area contributed by atoms with Gasteiger partial charge in [0, 0.05) is 16.6 Å². The first-order valence-electron chi connectivity index (χ1n) is 5.04. The van der Waals surface area contributed by atoms with Crippen LogP contribution in [0.4, 0.5) is 0 Å². The fourth-order valence-corrected chi connectivity index (χ4v) is 4.73. The Kier molecular flexibility index (Phi) is 3.39. The highest BCUT2D eigenvalue weighted by molar-refractivity contribution is 8.14. The van der Waals surface area contributed by atoms with Gasteiger partial charge in [0.2, 0.25) is 0 Å². The minimum absolute atomic E-state index is 0.0572. The number of esters is 1. The second kappa shape index (κ2) is 4.63. The number of ether oxygens (including phenoxy) is 1. The van der Waals surface area contributed by atoms with Crippen molar-refractivity contribution in [2.24, 2.45) is 5.73 Å². The van der Waals surface area contributed by atoms with Crippen molar-refractivity contribution in [2.75, 3.05) is 12.4 Å². The molecule has 1 saturated heterocycles. The number of thioether (sulfide) groups is 1. The molecule has 2 heterocycles. The summed E-state index contributed by atoms with van der Waals surface area (Å²) in [4.78, 5) is 11.6. The molecule has 2 rings (SSSR count). The molecular formula is C10H13NO3S2. The van der Waals surface area contributed by atoms with Crippen LogP contribution in [-0.4, -0.2) is 27.1 Å². The van der Waals surface area contributed by atoms with E-state index in [-0.39, 0.29) is 4.58 Å². The smallest absolute Gasteiger partial charge is 0.340 e. The van der Waals surface area contributed by atoms with Crippen LogP contribution in [0.15, 0.2) is 22.3 Å². The summed E-state index contributed by atoms with van der Waals surface area (Å²) in [6, 6.07) is 0. The third kappa shape index (κ3) is 2.04. The van der Waals surface area contributed by atoms with Crippen LogP contribution in [-0.2, 0) is 20.3 Å². The van der Waals surface area contributed by atoms with E-state index in [4.69, 9.17) is 10.5 Å². The van der Waals surface area contributed by atoms with Crippen LogP contribution in [0, 0.1) is 0 Å². The third-order valence-corrected chi connectivity index (χ3v) is 5.77. The van der Waals surface area contributed by atoms with Gasteiger partial charge in [-0.25, -0.2) is 4.79 Å². The van der Waals surface area contributed by atoms with E-state index in [1.807, 2.05) is 0 Å². The SMILES string of the molecule is CCOC(=O)C1=C(N)SC2C(=C1)CCS2=O. The highest BCUT2D eigenvalue weighted by Crippen LogP contribution is 2.40. The van der Waals surface area contributed by atoms with Gasteiger partial charge in [0.1, 0.15) is 4.58 Å². The fraction of sp³-hybridized carbons (Fsp3) is 0.500. The molecule has 0 spiro atoms. The molecule has 0 saturated carbocycles. The van der Waals surface area contributed by atoms with Crippen LogP contribution in [0.5, 0.6) is 0 Å². The Balaban J connectivity index is 2.25. The Morgan fingerprint density at radius 1 is 1.75 bits per heavy atom. The first-order valence-corrected chi connectivity index (χ1v) is 7.30. The van der Waals surface area contributed by atoms with Crippen molar-refractivity contribution < 1.29 is 13.7 Å². The summed E-state index contributed by atoms with van der Waals surface area (Å²) < 4.78 is 16.5. The van der Waals surface area contributed by atoms with Gasteiger partial charge >= 0.3 is 5.97 Å². The minimum Gasteiger partial charge on any atom is -0.462 e. The molecule has 0 bridgehead atoms. The molecule has 6 heteroatoms. The van der Waals surface area contributed by atoms with Gasteiger partial charge < -0.3 is 10.5 Å². The van der Waals surface area contributed by atoms with E-state index in [2.05, 4.69) is 0 Å². The number of carbonyl (C=O) groups is 1. The fourth-order valence-electron chi connectivity index (χ4n) is 1.69. The number of carbonyl (C=O) groups excluding carboxylic acids is 1. The Hall–Kier alpha value is -0.750. The molecule has 0 radical (unpaired) electrons. The molecule has 2 N–H and O–H groups in total. The molecule has 1 fully saturated rings. The lowest BCUT2D eigenvalue weighted by Gasteiger charge is -2.18. The lowest BCUT2D eigenvalue weighted by Crippen LogP contribution is -2.19. The molecule has 2 unspecified atom stereocenters. The highest BCUT2D eigenvalue weighted by atomic mass is 32.2. The molecule has 2 aliphatic rings. The van der Waals surface area contributed by atoms with Crippen molar-refractivity contribution in [3.05, 3.63) is 22.3 Å². The summed E-state index contributed by atoms with van der Waals surface area (Å²) in [6.07, 6.45) is 2.53. The van der Waals surface area contributed by atoms with Crippen LogP contribution in [0.25, 0.3) is 0 Å². The lowest BCUT2D eigenvalue weighted by atomic mass is 10.1. The second-order valence-corrected chi connectivity index (χ2v) is 6.59. The van der Waals surface area contributed by atoms with E-state index in [1.54, 1.807) is 13.0 Å². The minimum atomic E-state index is -0.864. The maximum Gasteiger partial charge on any atom is 0.340 e. The van der Waals surface area contributed by atoms with E-state index in [1.165, 1.54) is 11.8 Å². The monoisotopic (exact) mass is 259 g/mol. The van der Waals surface area contributed by atoms with Crippen LogP contribution < -0.4 is 5.73 Å². The van der Waals surface area contributed by atoms with Crippen molar-refractivity contribution in [2.45, 2.75) is 17.9 Å². The summed E-state index contributed by atoms with van der Waals surface area (Å²) in [5.74, 6) is 0.267. The summed E-state index contributed by atoms with van der Waals surface area (Å²) in [5.41, 5.74) is 7.25. The number of fused-ring (bicyclic) bond motifs is 1. The largest absolute Gasteiger partial charge is 0.462 e. The van der Waals surface area contributed by atoms with E-state index in [9.17, 15) is 9.00 Å². The molecule has 2 aliphatic heterocycles. The Labute approximate surface area is 101 Å². The number of hydrogen-bond donors (Lipinski definition) is 1. The summed E-state index contributed by atoms with van der Waals surface area (Å²) in [7, 11) is -0.864. The van der Waals surface area contributed by atoms with Crippen molar-refractivity contribution >= 4 is 28.5 Å². The zero-order valence-electron chi connectivity index (χ0n) is 8.89. The zero-order valence-corrected chi connectivity index (χ0v) is 10.5. The molecule has 16 heavy (non-hydrogen) atoms. The summed E-state index contributed by atoms with van der Waals surface area (Å²) in [5, 5.41) is 0.419. The molecule has 0 aromatic heterocycles. The molecule has 0 amide bonds. The second-order valence-electron chi connectivity index (χ2n) is 3.50. The zero-order chi connectivity index (χ0) is 11.7. The van der Waals surface area contributed by atoms with Gasteiger partial charge in [-0.3, -0.25) is 4.21 Å². The molecule has 0 aliphatic carbocycles.